The van der Waals surface area contributed by atoms with Crippen LogP contribution in [0.4, 0.5) is 0 Å². The Hall–Kier alpha value is -2.18. The van der Waals surface area contributed by atoms with Crippen molar-refractivity contribution in [3.8, 4) is 5.75 Å². The molecule has 2 atom stereocenters. The molecule has 0 unspecified atom stereocenters. The van der Waals surface area contributed by atoms with Crippen molar-refractivity contribution in [1.82, 2.24) is 4.72 Å². The second-order valence-corrected chi connectivity index (χ2v) is 17.0. The average Bonchev–Trinajstić information content (AvgIpc) is 2.86. The molecule has 1 aliphatic carbocycles. The van der Waals surface area contributed by atoms with Crippen LogP contribution in [-0.4, -0.2) is 31.8 Å². The van der Waals surface area contributed by atoms with Crippen LogP contribution in [0.25, 0.3) is 0 Å². The lowest BCUT2D eigenvalue weighted by Gasteiger charge is -2.31. The number of phenols is 1. The fourth-order valence-electron chi connectivity index (χ4n) is 5.82. The fraction of sp³-hybridized carbons (Fsp3) is 0.639. The molecule has 1 fully saturated rings. The number of benzene rings is 2. The predicted molar refractivity (Wildman–Crippen MR) is 178 cm³/mol. The van der Waals surface area contributed by atoms with Gasteiger partial charge in [-0.1, -0.05) is 114 Å². The Morgan fingerprint density at radius 1 is 0.833 bits per heavy atom. The van der Waals surface area contributed by atoms with Gasteiger partial charge in [-0.3, -0.25) is 4.99 Å². The third-order valence-corrected chi connectivity index (χ3v) is 10.2. The minimum atomic E-state index is -3.80. The van der Waals surface area contributed by atoms with Gasteiger partial charge in [0.15, 0.2) is 0 Å². The summed E-state index contributed by atoms with van der Waals surface area (Å²) in [5, 5.41) is 11.3. The van der Waals surface area contributed by atoms with Crippen molar-refractivity contribution in [3.63, 3.8) is 0 Å². The highest BCUT2D eigenvalue weighted by atomic mass is 32.2. The Balaban J connectivity index is 2.05. The van der Waals surface area contributed by atoms with Crippen molar-refractivity contribution in [1.29, 1.82) is 0 Å². The van der Waals surface area contributed by atoms with Gasteiger partial charge in [0.25, 0.3) is 0 Å². The summed E-state index contributed by atoms with van der Waals surface area (Å²) < 4.78 is 31.5. The molecular weight excluding hydrogens is 540 g/mol. The van der Waals surface area contributed by atoms with Gasteiger partial charge in [0.05, 0.1) is 10.9 Å². The molecule has 0 aromatic heterocycles. The Morgan fingerprint density at radius 2 is 1.38 bits per heavy atom. The first-order valence-corrected chi connectivity index (χ1v) is 17.3. The van der Waals surface area contributed by atoms with Gasteiger partial charge >= 0.3 is 0 Å². The van der Waals surface area contributed by atoms with Gasteiger partial charge in [-0.05, 0) is 69.7 Å². The first-order chi connectivity index (χ1) is 19.2. The van der Waals surface area contributed by atoms with E-state index in [1.165, 1.54) is 5.56 Å². The Bertz CT molecular complexity index is 1360. The van der Waals surface area contributed by atoms with E-state index in [4.69, 9.17) is 4.99 Å². The molecule has 42 heavy (non-hydrogen) atoms. The van der Waals surface area contributed by atoms with Gasteiger partial charge in [0.2, 0.25) is 10.0 Å². The smallest absolute Gasteiger partial charge is 0.241 e. The molecule has 0 bridgehead atoms. The second kappa shape index (κ2) is 12.8. The number of rotatable bonds is 8. The van der Waals surface area contributed by atoms with E-state index in [1.54, 1.807) is 6.21 Å². The molecule has 5 nitrogen and oxygen atoms in total. The summed E-state index contributed by atoms with van der Waals surface area (Å²) in [6.07, 6.45) is 5.27. The highest BCUT2D eigenvalue weighted by molar-refractivity contribution is 7.89. The van der Waals surface area contributed by atoms with Gasteiger partial charge < -0.3 is 5.11 Å². The largest absolute Gasteiger partial charge is 0.507 e. The highest BCUT2D eigenvalue weighted by Crippen LogP contribution is 2.38. The molecule has 0 radical (unpaired) electrons. The van der Waals surface area contributed by atoms with Crippen LogP contribution in [0.15, 0.2) is 34.2 Å². The lowest BCUT2D eigenvalue weighted by atomic mass is 9.79. The number of aromatic hydroxyl groups is 1. The number of hydrogen-bond acceptors (Lipinski definition) is 4. The number of nitrogens with one attached hydrogen (secondary N) is 1. The molecule has 0 spiro atoms. The minimum absolute atomic E-state index is 0.0722. The number of nitrogens with zero attached hydrogens (tertiary/aromatic N) is 1. The van der Waals surface area contributed by atoms with Crippen LogP contribution in [-0.2, 0) is 20.9 Å². The number of sulfonamides is 1. The third kappa shape index (κ3) is 7.85. The molecule has 0 aliphatic heterocycles. The van der Waals surface area contributed by atoms with Crippen molar-refractivity contribution in [2.45, 2.75) is 154 Å². The van der Waals surface area contributed by atoms with E-state index in [1.807, 2.05) is 6.07 Å². The summed E-state index contributed by atoms with van der Waals surface area (Å²) in [7, 11) is -3.80. The van der Waals surface area contributed by atoms with Crippen LogP contribution in [0.1, 0.15) is 160 Å². The maximum Gasteiger partial charge on any atom is 0.241 e. The topological polar surface area (TPSA) is 78.8 Å². The van der Waals surface area contributed by atoms with Gasteiger partial charge in [0.1, 0.15) is 5.75 Å². The van der Waals surface area contributed by atoms with E-state index in [-0.39, 0.29) is 40.5 Å². The van der Waals surface area contributed by atoms with E-state index in [0.717, 1.165) is 47.9 Å². The van der Waals surface area contributed by atoms with Crippen LogP contribution in [0.2, 0.25) is 0 Å². The van der Waals surface area contributed by atoms with Gasteiger partial charge in [-0.25, -0.2) is 13.1 Å². The van der Waals surface area contributed by atoms with E-state index in [9.17, 15) is 13.5 Å². The third-order valence-electron chi connectivity index (χ3n) is 8.60. The van der Waals surface area contributed by atoms with Crippen LogP contribution < -0.4 is 4.72 Å². The fourth-order valence-corrected chi connectivity index (χ4v) is 7.82. The van der Waals surface area contributed by atoms with Crippen LogP contribution in [0.3, 0.4) is 0 Å². The Morgan fingerprint density at radius 3 is 1.86 bits per heavy atom. The zero-order chi connectivity index (χ0) is 31.8. The zero-order valence-corrected chi connectivity index (χ0v) is 29.0. The maximum atomic E-state index is 14.2. The number of aliphatic imine (C=N–C) groups is 1. The standard InChI is InChI=1S/C36H56N2O3S/c1-22(2)25-18-28(23(3)4)34(29(19-25)24(5)6)42(40,41)38-32-16-14-13-15-31(32)37-21-26-17-27(35(7,8)9)20-30(33(26)39)36(10,11)12/h17-24,31-32,38-39H,13-16H2,1-12H3/t31-,32-/m0/s1. The Labute approximate surface area is 256 Å². The van der Waals surface area contributed by atoms with Crippen LogP contribution >= 0.6 is 0 Å². The lowest BCUT2D eigenvalue weighted by molar-refractivity contribution is 0.363. The zero-order valence-electron chi connectivity index (χ0n) is 28.2. The summed E-state index contributed by atoms with van der Waals surface area (Å²) in [5.41, 5.74) is 5.33. The molecule has 0 amide bonds. The second-order valence-electron chi connectivity index (χ2n) is 15.3. The van der Waals surface area contributed by atoms with Gasteiger partial charge in [0, 0.05) is 23.4 Å². The first kappa shape index (κ1) is 34.3. The monoisotopic (exact) mass is 596 g/mol. The van der Waals surface area contributed by atoms with Gasteiger partial charge in [-0.2, -0.15) is 0 Å². The van der Waals surface area contributed by atoms with Crippen molar-refractivity contribution in [2.75, 3.05) is 0 Å². The summed E-state index contributed by atoms with van der Waals surface area (Å²) in [6, 6.07) is 7.79. The predicted octanol–water partition coefficient (Wildman–Crippen LogP) is 9.07. The molecule has 6 heteroatoms. The number of phenolic OH excluding ortho intramolecular Hbond substituents is 1. The highest BCUT2D eigenvalue weighted by Gasteiger charge is 2.33. The molecular formula is C36H56N2O3S. The van der Waals surface area contributed by atoms with Crippen LogP contribution in [0.5, 0.6) is 5.75 Å². The molecule has 0 saturated heterocycles. The average molecular weight is 597 g/mol. The number of hydrogen-bond donors (Lipinski definition) is 2. The van der Waals surface area contributed by atoms with Gasteiger partial charge in [-0.15, -0.1) is 0 Å². The molecule has 2 aromatic carbocycles. The molecule has 0 heterocycles. The molecule has 1 saturated carbocycles. The molecule has 234 valence electrons. The Kier molecular flexibility index (Phi) is 10.5. The lowest BCUT2D eigenvalue weighted by Crippen LogP contribution is -2.44. The van der Waals surface area contributed by atoms with Crippen LogP contribution in [0, 0.1) is 0 Å². The maximum absolute atomic E-state index is 14.2. The summed E-state index contributed by atoms with van der Waals surface area (Å²) in [6.45, 7) is 25.4. The van der Waals surface area contributed by atoms with Crippen molar-refractivity contribution < 1.29 is 13.5 Å². The molecule has 1 aliphatic rings. The summed E-state index contributed by atoms with van der Waals surface area (Å²) >= 11 is 0. The van der Waals surface area contributed by atoms with E-state index < -0.39 is 10.0 Å². The van der Waals surface area contributed by atoms with Crippen molar-refractivity contribution in [3.05, 3.63) is 57.6 Å². The molecule has 2 aromatic rings. The normalized spacial score (nSPS) is 19.0. The quantitative estimate of drug-likeness (QED) is 0.298. The molecule has 3 rings (SSSR count). The summed E-state index contributed by atoms with van der Waals surface area (Å²) in [4.78, 5) is 5.40. The van der Waals surface area contributed by atoms with E-state index >= 15 is 0 Å². The van der Waals surface area contributed by atoms with Crippen molar-refractivity contribution >= 4 is 16.2 Å². The van der Waals surface area contributed by atoms with E-state index in [0.29, 0.717) is 16.4 Å². The van der Waals surface area contributed by atoms with E-state index in [2.05, 4.69) is 106 Å². The minimum Gasteiger partial charge on any atom is -0.507 e. The van der Waals surface area contributed by atoms with Crippen molar-refractivity contribution in [2.24, 2.45) is 4.99 Å². The summed E-state index contributed by atoms with van der Waals surface area (Å²) in [5.74, 6) is 0.709. The SMILES string of the molecule is CC(C)c1cc(C(C)C)c(S(=O)(=O)N[C@H]2CCCC[C@@H]2N=Cc2cc(C(C)(C)C)cc(C(C)(C)C)c2O)c(C(C)C)c1. The first-order valence-electron chi connectivity index (χ1n) is 15.8. The molecule has 2 N–H and O–H groups in total.